The zero-order chi connectivity index (χ0) is 20.8. The van der Waals surface area contributed by atoms with Crippen molar-refractivity contribution in [1.29, 1.82) is 0 Å². The maximum atomic E-state index is 5.44. The van der Waals surface area contributed by atoms with Crippen LogP contribution in [0.15, 0.2) is 66.9 Å². The zero-order valence-corrected chi connectivity index (χ0v) is 17.6. The highest BCUT2D eigenvalue weighted by Crippen LogP contribution is 2.35. The number of methoxy groups -OCH3 is 1. The van der Waals surface area contributed by atoms with Crippen molar-refractivity contribution in [2.24, 2.45) is 0 Å². The Morgan fingerprint density at radius 2 is 1.70 bits per heavy atom. The van der Waals surface area contributed by atoms with Gasteiger partial charge in [0, 0.05) is 22.5 Å². The Kier molecular flexibility index (Phi) is 4.28. The number of ether oxygens (including phenoxy) is 1. The monoisotopic (exact) mass is 393 g/mol. The van der Waals surface area contributed by atoms with Gasteiger partial charge in [0.15, 0.2) is 0 Å². The highest BCUT2D eigenvalue weighted by molar-refractivity contribution is 6.09. The van der Waals surface area contributed by atoms with Gasteiger partial charge in [-0.1, -0.05) is 29.8 Å². The van der Waals surface area contributed by atoms with Gasteiger partial charge in [0.2, 0.25) is 0 Å². The summed E-state index contributed by atoms with van der Waals surface area (Å²) in [6, 6.07) is 20.9. The number of hydrogen-bond donors (Lipinski definition) is 0. The summed E-state index contributed by atoms with van der Waals surface area (Å²) in [6.07, 6.45) is 1.94. The minimum atomic E-state index is 0.811. The third-order valence-electron chi connectivity index (χ3n) is 5.74. The first kappa shape index (κ1) is 18.4. The molecule has 0 fully saturated rings. The molecule has 5 rings (SSSR count). The van der Waals surface area contributed by atoms with Gasteiger partial charge in [0.05, 0.1) is 23.8 Å². The van der Waals surface area contributed by atoms with Gasteiger partial charge < -0.3 is 4.74 Å². The van der Waals surface area contributed by atoms with Gasteiger partial charge >= 0.3 is 0 Å². The fraction of sp³-hybridized carbons (Fsp3) is 0.154. The number of aryl methyl sites for hydroxylation is 3. The number of nitrogens with zero attached hydrogens (tertiary/aromatic N) is 3. The summed E-state index contributed by atoms with van der Waals surface area (Å²) in [7, 11) is 1.68. The molecule has 4 heteroatoms. The van der Waals surface area contributed by atoms with Gasteiger partial charge in [-0.05, 0) is 68.3 Å². The molecule has 0 N–H and O–H groups in total. The van der Waals surface area contributed by atoms with E-state index in [-0.39, 0.29) is 0 Å². The molecule has 0 saturated carbocycles. The van der Waals surface area contributed by atoms with Crippen LogP contribution in [-0.4, -0.2) is 21.9 Å². The first-order valence-corrected chi connectivity index (χ1v) is 10.1. The van der Waals surface area contributed by atoms with E-state index >= 15 is 0 Å². The molecule has 2 aromatic heterocycles. The van der Waals surface area contributed by atoms with Gasteiger partial charge in [-0.2, -0.15) is 5.10 Å². The van der Waals surface area contributed by atoms with Crippen LogP contribution >= 0.6 is 0 Å². The third-order valence-corrected chi connectivity index (χ3v) is 5.74. The SMILES string of the molecule is COc1cccc(-c2nn(-c3ccc(C)c(C)c3)c3c2cnc2ccc(C)cc23)c1. The van der Waals surface area contributed by atoms with Crippen molar-refractivity contribution in [1.82, 2.24) is 14.8 Å². The Morgan fingerprint density at radius 1 is 0.833 bits per heavy atom. The largest absolute Gasteiger partial charge is 0.497 e. The Morgan fingerprint density at radius 3 is 2.50 bits per heavy atom. The second-order valence-corrected chi connectivity index (χ2v) is 7.80. The predicted octanol–water partition coefficient (Wildman–Crippen LogP) is 6.17. The van der Waals surface area contributed by atoms with E-state index in [1.165, 1.54) is 16.7 Å². The number of hydrogen-bond acceptors (Lipinski definition) is 3. The molecule has 0 aliphatic rings. The molecule has 0 spiro atoms. The molecule has 0 unspecified atom stereocenters. The molecule has 0 amide bonds. The minimum absolute atomic E-state index is 0.811. The molecule has 5 aromatic rings. The molecule has 4 nitrogen and oxygen atoms in total. The predicted molar refractivity (Wildman–Crippen MR) is 123 cm³/mol. The number of benzene rings is 3. The van der Waals surface area contributed by atoms with Crippen LogP contribution in [0.1, 0.15) is 16.7 Å². The Bertz CT molecular complexity index is 1420. The molecule has 2 heterocycles. The van der Waals surface area contributed by atoms with Gasteiger partial charge in [0.1, 0.15) is 11.4 Å². The van der Waals surface area contributed by atoms with E-state index in [0.29, 0.717) is 0 Å². The maximum absolute atomic E-state index is 5.44. The van der Waals surface area contributed by atoms with Crippen LogP contribution in [0, 0.1) is 20.8 Å². The Hall–Kier alpha value is -3.66. The average molecular weight is 393 g/mol. The van der Waals surface area contributed by atoms with Gasteiger partial charge in [-0.15, -0.1) is 0 Å². The van der Waals surface area contributed by atoms with Crippen molar-refractivity contribution >= 4 is 21.8 Å². The van der Waals surface area contributed by atoms with E-state index in [9.17, 15) is 0 Å². The highest BCUT2D eigenvalue weighted by atomic mass is 16.5. The van der Waals surface area contributed by atoms with Crippen LogP contribution in [0.25, 0.3) is 38.8 Å². The van der Waals surface area contributed by atoms with E-state index in [1.807, 2.05) is 24.4 Å². The van der Waals surface area contributed by atoms with Gasteiger partial charge in [-0.3, -0.25) is 4.98 Å². The first-order valence-electron chi connectivity index (χ1n) is 10.1. The summed E-state index contributed by atoms with van der Waals surface area (Å²) >= 11 is 0. The molecule has 0 radical (unpaired) electrons. The Balaban J connectivity index is 1.89. The van der Waals surface area contributed by atoms with Crippen LogP contribution in [0.5, 0.6) is 5.75 Å². The fourth-order valence-electron chi connectivity index (χ4n) is 3.93. The number of aromatic nitrogens is 3. The molecule has 0 aliphatic heterocycles. The van der Waals surface area contributed by atoms with Crippen molar-refractivity contribution in [3.05, 3.63) is 83.6 Å². The first-order chi connectivity index (χ1) is 14.5. The number of pyridine rings is 1. The summed E-state index contributed by atoms with van der Waals surface area (Å²) in [5, 5.41) is 7.21. The smallest absolute Gasteiger partial charge is 0.119 e. The van der Waals surface area contributed by atoms with Gasteiger partial charge in [-0.25, -0.2) is 4.68 Å². The lowest BCUT2D eigenvalue weighted by Gasteiger charge is -2.09. The van der Waals surface area contributed by atoms with E-state index in [2.05, 4.69) is 67.9 Å². The Labute approximate surface area is 175 Å². The lowest BCUT2D eigenvalue weighted by molar-refractivity contribution is 0.415. The minimum Gasteiger partial charge on any atom is -0.497 e. The van der Waals surface area contributed by atoms with E-state index in [4.69, 9.17) is 14.8 Å². The van der Waals surface area contributed by atoms with E-state index < -0.39 is 0 Å². The van der Waals surface area contributed by atoms with Crippen LogP contribution in [0.2, 0.25) is 0 Å². The highest BCUT2D eigenvalue weighted by Gasteiger charge is 2.18. The van der Waals surface area contributed by atoms with E-state index in [1.54, 1.807) is 7.11 Å². The molecular formula is C26H23N3O. The van der Waals surface area contributed by atoms with Crippen molar-refractivity contribution in [3.63, 3.8) is 0 Å². The molecule has 0 bridgehead atoms. The lowest BCUT2D eigenvalue weighted by atomic mass is 10.1. The van der Waals surface area contributed by atoms with Gasteiger partial charge in [0.25, 0.3) is 0 Å². The molecule has 0 atom stereocenters. The van der Waals surface area contributed by atoms with Crippen molar-refractivity contribution in [2.75, 3.05) is 7.11 Å². The topological polar surface area (TPSA) is 39.9 Å². The lowest BCUT2D eigenvalue weighted by Crippen LogP contribution is -1.98. The van der Waals surface area contributed by atoms with Crippen molar-refractivity contribution in [3.8, 4) is 22.7 Å². The quantitative estimate of drug-likeness (QED) is 0.368. The second kappa shape index (κ2) is 6.99. The third kappa shape index (κ3) is 2.92. The molecule has 0 saturated heterocycles. The molecule has 30 heavy (non-hydrogen) atoms. The normalized spacial score (nSPS) is 11.3. The standard InChI is InChI=1S/C26H23N3O/c1-16-8-11-24-22(12-16)26-23(15-27-24)25(19-6-5-7-21(14-19)30-4)28-29(26)20-10-9-17(2)18(3)13-20/h5-15H,1-4H3. The second-order valence-electron chi connectivity index (χ2n) is 7.80. The van der Waals surface area contributed by atoms with Crippen molar-refractivity contribution in [2.45, 2.75) is 20.8 Å². The molecular weight excluding hydrogens is 370 g/mol. The number of fused-ring (bicyclic) bond motifs is 3. The van der Waals surface area contributed by atoms with Crippen LogP contribution in [-0.2, 0) is 0 Å². The molecule has 3 aromatic carbocycles. The zero-order valence-electron chi connectivity index (χ0n) is 17.6. The van der Waals surface area contributed by atoms with E-state index in [0.717, 1.165) is 44.5 Å². The van der Waals surface area contributed by atoms with Crippen LogP contribution < -0.4 is 4.74 Å². The number of rotatable bonds is 3. The molecule has 0 aliphatic carbocycles. The summed E-state index contributed by atoms with van der Waals surface area (Å²) < 4.78 is 7.50. The summed E-state index contributed by atoms with van der Waals surface area (Å²) in [5.74, 6) is 0.811. The molecule has 148 valence electrons. The summed E-state index contributed by atoms with van der Waals surface area (Å²) in [6.45, 7) is 6.37. The van der Waals surface area contributed by atoms with Crippen molar-refractivity contribution < 1.29 is 4.74 Å². The average Bonchev–Trinajstić information content (AvgIpc) is 3.16. The summed E-state index contributed by atoms with van der Waals surface area (Å²) in [4.78, 5) is 4.73. The van der Waals surface area contributed by atoms with Crippen LogP contribution in [0.4, 0.5) is 0 Å². The fourth-order valence-corrected chi connectivity index (χ4v) is 3.93. The van der Waals surface area contributed by atoms with Crippen LogP contribution in [0.3, 0.4) is 0 Å². The summed E-state index contributed by atoms with van der Waals surface area (Å²) in [5.41, 5.74) is 8.71. The maximum Gasteiger partial charge on any atom is 0.119 e.